The molecule has 178 valence electrons. The molecule has 1 amide bonds. The SMILES string of the molecule is C[C@@H]1CN(c2cccc([C@H]3C[C@@H](c4ccnc(CNC(=O)OC(C)(C)C)c4)C3)n2)C[C@H](C)O1. The molecule has 2 aromatic heterocycles. The molecule has 2 fully saturated rings. The second-order valence-corrected chi connectivity index (χ2v) is 10.4. The highest BCUT2D eigenvalue weighted by atomic mass is 16.6. The lowest BCUT2D eigenvalue weighted by Crippen LogP contribution is -2.45. The van der Waals surface area contributed by atoms with Crippen LogP contribution in [0.5, 0.6) is 0 Å². The van der Waals surface area contributed by atoms with E-state index < -0.39 is 11.7 Å². The molecule has 1 aliphatic carbocycles. The van der Waals surface area contributed by atoms with Gasteiger partial charge in [-0.25, -0.2) is 9.78 Å². The van der Waals surface area contributed by atoms with E-state index in [0.717, 1.165) is 37.4 Å². The van der Waals surface area contributed by atoms with Crippen LogP contribution < -0.4 is 10.2 Å². The number of carbonyl (C=O) groups excluding carboxylic acids is 1. The summed E-state index contributed by atoms with van der Waals surface area (Å²) in [5, 5.41) is 2.79. The minimum absolute atomic E-state index is 0.220. The van der Waals surface area contributed by atoms with Crippen LogP contribution in [0.4, 0.5) is 10.6 Å². The Labute approximate surface area is 196 Å². The van der Waals surface area contributed by atoms with Crippen molar-refractivity contribution < 1.29 is 14.3 Å². The van der Waals surface area contributed by atoms with E-state index in [1.165, 1.54) is 11.3 Å². The van der Waals surface area contributed by atoms with Crippen LogP contribution in [0.2, 0.25) is 0 Å². The van der Waals surface area contributed by atoms with Gasteiger partial charge in [-0.15, -0.1) is 0 Å². The number of aromatic nitrogens is 2. The molecule has 2 atom stereocenters. The summed E-state index contributed by atoms with van der Waals surface area (Å²) in [6.07, 6.45) is 4.00. The molecule has 1 saturated carbocycles. The van der Waals surface area contributed by atoms with Gasteiger partial charge < -0.3 is 19.7 Å². The number of nitrogens with one attached hydrogen (secondary N) is 1. The number of carbonyl (C=O) groups is 1. The van der Waals surface area contributed by atoms with Gasteiger partial charge in [0.05, 0.1) is 24.4 Å². The Hall–Kier alpha value is -2.67. The first kappa shape index (κ1) is 23.5. The summed E-state index contributed by atoms with van der Waals surface area (Å²) in [4.78, 5) is 23.7. The predicted octanol–water partition coefficient (Wildman–Crippen LogP) is 4.78. The van der Waals surface area contributed by atoms with Crippen molar-refractivity contribution in [3.05, 3.63) is 53.5 Å². The quantitative estimate of drug-likeness (QED) is 0.704. The molecule has 2 aliphatic rings. The molecular formula is C26H36N4O3. The average molecular weight is 453 g/mol. The van der Waals surface area contributed by atoms with Crippen LogP contribution in [-0.4, -0.2) is 47.0 Å². The Kier molecular flexibility index (Phi) is 6.88. The number of nitrogens with zero attached hydrogens (tertiary/aromatic N) is 3. The van der Waals surface area contributed by atoms with E-state index in [0.29, 0.717) is 18.4 Å². The maximum Gasteiger partial charge on any atom is 0.407 e. The third-order valence-corrected chi connectivity index (χ3v) is 6.18. The van der Waals surface area contributed by atoms with Crippen LogP contribution in [0, 0.1) is 0 Å². The average Bonchev–Trinajstić information content (AvgIpc) is 2.70. The molecule has 0 spiro atoms. The maximum atomic E-state index is 11.9. The Morgan fingerprint density at radius 1 is 1.15 bits per heavy atom. The van der Waals surface area contributed by atoms with Crippen molar-refractivity contribution in [1.29, 1.82) is 0 Å². The zero-order valence-electron chi connectivity index (χ0n) is 20.4. The summed E-state index contributed by atoms with van der Waals surface area (Å²) in [5.74, 6) is 2.02. The van der Waals surface area contributed by atoms with E-state index in [9.17, 15) is 4.79 Å². The number of ether oxygens (including phenoxy) is 2. The van der Waals surface area contributed by atoms with Gasteiger partial charge in [-0.2, -0.15) is 0 Å². The molecule has 7 nitrogen and oxygen atoms in total. The van der Waals surface area contributed by atoms with Gasteiger partial charge in [-0.05, 0) is 83.2 Å². The summed E-state index contributed by atoms with van der Waals surface area (Å²) in [7, 11) is 0. The first-order chi connectivity index (χ1) is 15.7. The number of hydrogen-bond acceptors (Lipinski definition) is 6. The van der Waals surface area contributed by atoms with E-state index in [1.807, 2.05) is 27.0 Å². The highest BCUT2D eigenvalue weighted by molar-refractivity contribution is 5.67. The van der Waals surface area contributed by atoms with Crippen LogP contribution in [0.25, 0.3) is 0 Å². The fourth-order valence-corrected chi connectivity index (χ4v) is 4.66. The van der Waals surface area contributed by atoms with Crippen molar-refractivity contribution in [3.63, 3.8) is 0 Å². The lowest BCUT2D eigenvalue weighted by molar-refractivity contribution is -0.00548. The summed E-state index contributed by atoms with van der Waals surface area (Å²) in [6, 6.07) is 10.6. The second-order valence-electron chi connectivity index (χ2n) is 10.4. The monoisotopic (exact) mass is 452 g/mol. The van der Waals surface area contributed by atoms with Crippen LogP contribution in [0.15, 0.2) is 36.5 Å². The first-order valence-electron chi connectivity index (χ1n) is 12.0. The Balaban J connectivity index is 1.33. The van der Waals surface area contributed by atoms with Crippen molar-refractivity contribution in [2.24, 2.45) is 0 Å². The van der Waals surface area contributed by atoms with Gasteiger partial charge in [0.2, 0.25) is 0 Å². The van der Waals surface area contributed by atoms with Gasteiger partial charge in [0.15, 0.2) is 0 Å². The minimum atomic E-state index is -0.510. The topological polar surface area (TPSA) is 76.6 Å². The molecule has 1 N–H and O–H groups in total. The van der Waals surface area contributed by atoms with Gasteiger partial charge in [-0.3, -0.25) is 4.98 Å². The smallest absolute Gasteiger partial charge is 0.407 e. The Morgan fingerprint density at radius 2 is 1.88 bits per heavy atom. The molecule has 0 radical (unpaired) electrons. The van der Waals surface area contributed by atoms with E-state index in [-0.39, 0.29) is 12.2 Å². The molecular weight excluding hydrogens is 416 g/mol. The summed E-state index contributed by atoms with van der Waals surface area (Å²) in [5.41, 5.74) is 2.78. The maximum absolute atomic E-state index is 11.9. The number of hydrogen-bond donors (Lipinski definition) is 1. The number of alkyl carbamates (subject to hydrolysis) is 1. The predicted molar refractivity (Wildman–Crippen MR) is 128 cm³/mol. The summed E-state index contributed by atoms with van der Waals surface area (Å²) < 4.78 is 11.2. The van der Waals surface area contributed by atoms with Gasteiger partial charge in [0.25, 0.3) is 0 Å². The molecule has 2 aromatic rings. The van der Waals surface area contributed by atoms with Gasteiger partial charge in [0.1, 0.15) is 11.4 Å². The van der Waals surface area contributed by atoms with Crippen LogP contribution in [-0.2, 0) is 16.0 Å². The van der Waals surface area contributed by atoms with Crippen LogP contribution >= 0.6 is 0 Å². The van der Waals surface area contributed by atoms with Crippen LogP contribution in [0.3, 0.4) is 0 Å². The first-order valence-corrected chi connectivity index (χ1v) is 12.0. The van der Waals surface area contributed by atoms with E-state index >= 15 is 0 Å². The number of anilines is 1. The summed E-state index contributed by atoms with van der Waals surface area (Å²) in [6.45, 7) is 11.9. The normalized spacial score (nSPS) is 25.3. The number of amides is 1. The summed E-state index contributed by atoms with van der Waals surface area (Å²) >= 11 is 0. The van der Waals surface area contributed by atoms with Gasteiger partial charge in [-0.1, -0.05) is 6.07 Å². The second kappa shape index (κ2) is 9.67. The molecule has 7 heteroatoms. The Morgan fingerprint density at radius 3 is 2.58 bits per heavy atom. The molecule has 0 unspecified atom stereocenters. The molecule has 4 rings (SSSR count). The van der Waals surface area contributed by atoms with Crippen LogP contribution in [0.1, 0.15) is 76.2 Å². The highest BCUT2D eigenvalue weighted by Gasteiger charge is 2.33. The molecule has 33 heavy (non-hydrogen) atoms. The number of pyridine rings is 2. The third kappa shape index (κ3) is 6.22. The largest absolute Gasteiger partial charge is 0.444 e. The van der Waals surface area contributed by atoms with Gasteiger partial charge in [0, 0.05) is 30.9 Å². The third-order valence-electron chi connectivity index (χ3n) is 6.18. The molecule has 0 bridgehead atoms. The zero-order chi connectivity index (χ0) is 23.6. The van der Waals surface area contributed by atoms with E-state index in [4.69, 9.17) is 14.5 Å². The number of rotatable bonds is 5. The fraction of sp³-hybridized carbons (Fsp3) is 0.577. The fourth-order valence-electron chi connectivity index (χ4n) is 4.66. The van der Waals surface area contributed by atoms with Crippen molar-refractivity contribution in [2.75, 3.05) is 18.0 Å². The standard InChI is InChI=1S/C26H36N4O3/c1-17-15-30(16-18(2)32-17)24-8-6-7-23(29-24)21-11-20(12-21)19-9-10-27-22(13-19)14-28-25(31)33-26(3,4)5/h6-10,13,17-18,20-21H,11-12,14-16H2,1-5H3,(H,28,31)/t17-,18+,20-,21+. The molecule has 3 heterocycles. The van der Waals surface area contributed by atoms with Crippen molar-refractivity contribution in [3.8, 4) is 0 Å². The van der Waals surface area contributed by atoms with Crippen molar-refractivity contribution in [2.45, 2.75) is 83.6 Å². The zero-order valence-corrected chi connectivity index (χ0v) is 20.4. The van der Waals surface area contributed by atoms with E-state index in [2.05, 4.69) is 59.4 Å². The Bertz CT molecular complexity index is 958. The molecule has 1 saturated heterocycles. The lowest BCUT2D eigenvalue weighted by Gasteiger charge is -2.38. The lowest BCUT2D eigenvalue weighted by atomic mass is 9.70. The molecule has 0 aromatic carbocycles. The highest BCUT2D eigenvalue weighted by Crippen LogP contribution is 2.47. The van der Waals surface area contributed by atoms with Crippen molar-refractivity contribution >= 4 is 11.9 Å². The van der Waals surface area contributed by atoms with Gasteiger partial charge >= 0.3 is 6.09 Å². The number of morpholine rings is 1. The minimum Gasteiger partial charge on any atom is -0.444 e. The molecule has 1 aliphatic heterocycles. The van der Waals surface area contributed by atoms with E-state index in [1.54, 1.807) is 0 Å². The van der Waals surface area contributed by atoms with Crippen molar-refractivity contribution in [1.82, 2.24) is 15.3 Å².